The Morgan fingerprint density at radius 3 is 1.17 bits per heavy atom. The van der Waals surface area contributed by atoms with E-state index in [-0.39, 0.29) is 30.2 Å². The molecule has 0 bridgehead atoms. The molecule has 87 heavy (non-hydrogen) atoms. The van der Waals surface area contributed by atoms with E-state index in [1.807, 2.05) is 140 Å². The zero-order valence-corrected chi connectivity index (χ0v) is 50.0. The lowest BCUT2D eigenvalue weighted by Crippen LogP contribution is -2.32. The number of rotatable bonds is 22. The quantitative estimate of drug-likeness (QED) is 0.0347. The molecule has 0 amide bonds. The average Bonchev–Trinajstić information content (AvgIpc) is 3.70. The lowest BCUT2D eigenvalue weighted by atomic mass is 10.0. The van der Waals surface area contributed by atoms with Crippen molar-refractivity contribution in [3.8, 4) is 17.2 Å². The standard InChI is InChI=1S/C28H29NO2.C21H23NO2.C15H17NO2.C13H12O/c1-21(17-23-15-16-24-11-5-6-12-25(24)18-23)29-19-27(30)26-13-7-8-14-28(26)31-20-22-9-3-2-4-10-22;1-15(22-14-21(24)19-8-4-5-9-20(19)23)12-16-10-11-17-6-2-3-7-18(17)13-16;16-10-14(17)13-8-4-5-9-15(13)18-11-12-6-2-1-3-7-12;1-10(14)8-11-6-7-12-4-2-3-5-13(12)9-11/h2-16,18,21,27,29-30H,17,19-20H2,1H3;2-11,13,15,21-24H,12,14H2,1H3;1-9,14,17H,10-11,16H2;2-7,9H,8H2,1H3. The summed E-state index contributed by atoms with van der Waals surface area (Å²) >= 11 is 0. The van der Waals surface area contributed by atoms with E-state index < -0.39 is 18.3 Å². The Morgan fingerprint density at radius 1 is 0.402 bits per heavy atom. The summed E-state index contributed by atoms with van der Waals surface area (Å²) in [4.78, 5) is 10.9. The molecule has 0 heterocycles. The van der Waals surface area contributed by atoms with Crippen LogP contribution in [0.25, 0.3) is 32.3 Å². The molecule has 5 unspecified atom stereocenters. The molecule has 0 aliphatic heterocycles. The Balaban J connectivity index is 0.000000157. The fraction of sp³-hybridized carbons (Fsp3) is 0.208. The van der Waals surface area contributed by atoms with Gasteiger partial charge in [0, 0.05) is 54.8 Å². The molecule has 0 spiro atoms. The summed E-state index contributed by atoms with van der Waals surface area (Å²) in [6.07, 6.45) is 0.292. The highest BCUT2D eigenvalue weighted by atomic mass is 16.5. The van der Waals surface area contributed by atoms with Crippen molar-refractivity contribution in [1.82, 2.24) is 10.6 Å². The maximum atomic E-state index is 10.9. The van der Waals surface area contributed by atoms with Gasteiger partial charge in [-0.05, 0) is 112 Å². The van der Waals surface area contributed by atoms with Crippen LogP contribution in [0.3, 0.4) is 0 Å². The number of hydrogen-bond acceptors (Lipinski definition) is 10. The van der Waals surface area contributed by atoms with Crippen LogP contribution >= 0.6 is 0 Å². The normalized spacial score (nSPS) is 12.6. The number of ether oxygens (including phenoxy) is 2. The number of carbonyl (C=O) groups excluding carboxylic acids is 1. The molecule has 0 radical (unpaired) electrons. The van der Waals surface area contributed by atoms with Gasteiger partial charge >= 0.3 is 0 Å². The van der Waals surface area contributed by atoms with Gasteiger partial charge in [-0.1, -0.05) is 243 Å². The van der Waals surface area contributed by atoms with E-state index in [0.717, 1.165) is 46.4 Å². The summed E-state index contributed by atoms with van der Waals surface area (Å²) in [5, 5.41) is 54.9. The summed E-state index contributed by atoms with van der Waals surface area (Å²) in [7, 11) is 0. The van der Waals surface area contributed by atoms with Gasteiger partial charge < -0.3 is 46.3 Å². The van der Waals surface area contributed by atoms with Crippen molar-refractivity contribution in [1.29, 1.82) is 0 Å². The minimum absolute atomic E-state index is 0.133. The minimum Gasteiger partial charge on any atom is -0.508 e. The third-order valence-electron chi connectivity index (χ3n) is 14.8. The van der Waals surface area contributed by atoms with Crippen LogP contribution in [0, 0.1) is 0 Å². The van der Waals surface area contributed by atoms with Crippen molar-refractivity contribution in [2.45, 2.75) is 83.6 Å². The third-order valence-corrected chi connectivity index (χ3v) is 14.8. The van der Waals surface area contributed by atoms with E-state index in [1.54, 1.807) is 25.1 Å². The Bertz CT molecular complexity index is 3860. The number of Topliss-reactive ketones (excluding diaryl/α,β-unsaturated/α-hetero) is 1. The number of aliphatic hydroxyl groups is 3. The number of para-hydroxylation sites is 3. The second kappa shape index (κ2) is 33.7. The van der Waals surface area contributed by atoms with Crippen molar-refractivity contribution in [2.75, 3.05) is 19.6 Å². The zero-order valence-electron chi connectivity index (χ0n) is 50.0. The lowest BCUT2D eigenvalue weighted by Gasteiger charge is -2.20. The van der Waals surface area contributed by atoms with Crippen LogP contribution in [0.1, 0.15) is 83.6 Å². The van der Waals surface area contributed by atoms with Crippen LogP contribution in [0.2, 0.25) is 0 Å². The highest BCUT2D eigenvalue weighted by Crippen LogP contribution is 2.28. The topological polar surface area (TPSA) is 167 Å². The number of carbonyl (C=O) groups is 1. The van der Waals surface area contributed by atoms with E-state index in [9.17, 15) is 25.2 Å². The number of nitrogens with two attached hydrogens (primary N) is 1. The summed E-state index contributed by atoms with van der Waals surface area (Å²) < 4.78 is 11.7. The number of nitrogens with one attached hydrogen (secondary N) is 2. The van der Waals surface area contributed by atoms with Gasteiger partial charge in [-0.3, -0.25) is 4.79 Å². The third kappa shape index (κ3) is 20.3. The van der Waals surface area contributed by atoms with Crippen LogP contribution in [-0.2, 0) is 37.3 Å². The molecule has 5 atom stereocenters. The number of aliphatic hydroxyl groups excluding tert-OH is 3. The van der Waals surface area contributed by atoms with Gasteiger partial charge in [-0.25, -0.2) is 0 Å². The molecule has 8 N–H and O–H groups in total. The second-order valence-corrected chi connectivity index (χ2v) is 21.9. The van der Waals surface area contributed by atoms with Gasteiger partial charge in [0.05, 0.1) is 18.3 Å². The fourth-order valence-electron chi connectivity index (χ4n) is 10.2. The molecule has 11 aromatic rings. The molecule has 0 aliphatic carbocycles. The molecular weight excluding hydrogens is 1080 g/mol. The highest BCUT2D eigenvalue weighted by molar-refractivity contribution is 5.86. The van der Waals surface area contributed by atoms with E-state index in [0.29, 0.717) is 44.0 Å². The molecule has 11 rings (SSSR count). The average molecular weight is 1160 g/mol. The van der Waals surface area contributed by atoms with E-state index >= 15 is 0 Å². The van der Waals surface area contributed by atoms with Crippen molar-refractivity contribution < 1.29 is 34.7 Å². The molecular formula is C77H81N3O7. The molecule has 0 aliphatic rings. The maximum Gasteiger partial charge on any atom is 0.134 e. The van der Waals surface area contributed by atoms with E-state index in [4.69, 9.17) is 15.2 Å². The number of hydrogen-bond donors (Lipinski definition) is 7. The fourth-order valence-corrected chi connectivity index (χ4v) is 10.2. The summed E-state index contributed by atoms with van der Waals surface area (Å²) in [5.74, 6) is 1.75. The molecule has 0 saturated heterocycles. The summed E-state index contributed by atoms with van der Waals surface area (Å²) in [5.41, 5.74) is 13.4. The molecule has 0 saturated carbocycles. The number of aromatic hydroxyl groups is 1. The Labute approximate surface area is 512 Å². The Hall–Kier alpha value is -8.97. The van der Waals surface area contributed by atoms with Crippen LogP contribution in [-0.4, -0.2) is 57.9 Å². The summed E-state index contributed by atoms with van der Waals surface area (Å²) in [6, 6.07) is 86.7. The molecule has 0 fully saturated rings. The second-order valence-electron chi connectivity index (χ2n) is 21.9. The molecule has 446 valence electrons. The van der Waals surface area contributed by atoms with Crippen LogP contribution < -0.4 is 25.8 Å². The SMILES string of the molecule is CC(=O)Cc1ccc2ccccc2c1.CC(Cc1ccc2ccccc2c1)NCC(O)c1ccccc1O.CC(Cc1ccc2ccccc2c1)NCC(O)c1ccccc1OCc1ccccc1.NCC(O)c1ccccc1OCc1ccccc1. The Kier molecular flexibility index (Phi) is 24.8. The largest absolute Gasteiger partial charge is 0.508 e. The number of fused-ring (bicyclic) bond motifs is 3. The number of benzene rings is 11. The number of ketones is 1. The highest BCUT2D eigenvalue weighted by Gasteiger charge is 2.17. The van der Waals surface area contributed by atoms with Gasteiger partial charge in [0.2, 0.25) is 0 Å². The van der Waals surface area contributed by atoms with Gasteiger partial charge in [-0.2, -0.15) is 0 Å². The first kappa shape index (κ1) is 64.0. The van der Waals surface area contributed by atoms with Crippen molar-refractivity contribution in [2.24, 2.45) is 5.73 Å². The first-order valence-corrected chi connectivity index (χ1v) is 29.8. The predicted octanol–water partition coefficient (Wildman–Crippen LogP) is 14.7. The number of phenolic OH excluding ortho intramolecular Hbond substituents is 1. The van der Waals surface area contributed by atoms with Gasteiger partial charge in [-0.15, -0.1) is 0 Å². The van der Waals surface area contributed by atoms with Crippen LogP contribution in [0.4, 0.5) is 0 Å². The van der Waals surface area contributed by atoms with Crippen molar-refractivity contribution in [3.05, 3.63) is 305 Å². The van der Waals surface area contributed by atoms with Gasteiger partial charge in [0.15, 0.2) is 0 Å². The van der Waals surface area contributed by atoms with Gasteiger partial charge in [0.25, 0.3) is 0 Å². The summed E-state index contributed by atoms with van der Waals surface area (Å²) in [6.45, 7) is 7.91. The first-order valence-electron chi connectivity index (χ1n) is 29.8. The molecule has 11 aromatic carbocycles. The number of phenols is 1. The van der Waals surface area contributed by atoms with E-state index in [2.05, 4.69) is 128 Å². The zero-order chi connectivity index (χ0) is 61.2. The van der Waals surface area contributed by atoms with Gasteiger partial charge in [0.1, 0.15) is 36.2 Å². The predicted molar refractivity (Wildman–Crippen MR) is 355 cm³/mol. The lowest BCUT2D eigenvalue weighted by molar-refractivity contribution is -0.116. The van der Waals surface area contributed by atoms with Crippen molar-refractivity contribution in [3.63, 3.8) is 0 Å². The molecule has 10 heteroatoms. The monoisotopic (exact) mass is 1160 g/mol. The Morgan fingerprint density at radius 2 is 0.747 bits per heavy atom. The van der Waals surface area contributed by atoms with E-state index in [1.165, 1.54) is 43.4 Å². The van der Waals surface area contributed by atoms with Crippen molar-refractivity contribution >= 4 is 38.1 Å². The minimum atomic E-state index is -0.717. The van der Waals surface area contributed by atoms with Crippen LogP contribution in [0.5, 0.6) is 17.2 Å². The smallest absolute Gasteiger partial charge is 0.134 e. The molecule has 0 aromatic heterocycles. The maximum absolute atomic E-state index is 10.9. The molecule has 10 nitrogen and oxygen atoms in total. The first-order chi connectivity index (χ1) is 42.4. The van der Waals surface area contributed by atoms with Crippen LogP contribution in [0.15, 0.2) is 261 Å².